The molecule has 2 aromatic rings. The maximum atomic E-state index is 13.5. The number of likely N-dealkylation sites (tertiary alicyclic amines) is 1. The van der Waals surface area contributed by atoms with E-state index < -0.39 is 11.2 Å². The van der Waals surface area contributed by atoms with Gasteiger partial charge in [-0.05, 0) is 18.4 Å². The van der Waals surface area contributed by atoms with Crippen LogP contribution in [-0.4, -0.2) is 53.2 Å². The number of carbonyl (C=O) groups excluding carboxylic acids is 1. The minimum atomic E-state index is -0.541. The fraction of sp³-hybridized carbons (Fsp3) is 0.450. The normalized spacial score (nSPS) is 21.8. The van der Waals surface area contributed by atoms with E-state index in [-0.39, 0.29) is 18.0 Å². The molecule has 0 radical (unpaired) electrons. The SMILES string of the molecule is O=C(N1CCC(Oc2ncc(F)cn2)C1)C1(c2ccccc2)CCOCC1. The number of benzene rings is 1. The predicted octanol–water partition coefficient (Wildman–Crippen LogP) is 2.34. The van der Waals surface area contributed by atoms with Gasteiger partial charge in [-0.1, -0.05) is 30.3 Å². The van der Waals surface area contributed by atoms with Gasteiger partial charge in [-0.15, -0.1) is 0 Å². The van der Waals surface area contributed by atoms with Gasteiger partial charge in [0.1, 0.15) is 6.10 Å². The van der Waals surface area contributed by atoms with Crippen LogP contribution in [0, 0.1) is 5.82 Å². The Hall–Kier alpha value is -2.54. The van der Waals surface area contributed by atoms with Gasteiger partial charge in [-0.25, -0.2) is 14.4 Å². The van der Waals surface area contributed by atoms with Gasteiger partial charge in [0.05, 0.1) is 24.4 Å². The highest BCUT2D eigenvalue weighted by Gasteiger charge is 2.45. The third-order valence-electron chi connectivity index (χ3n) is 5.38. The Kier molecular flexibility index (Phi) is 5.03. The van der Waals surface area contributed by atoms with Gasteiger partial charge < -0.3 is 14.4 Å². The van der Waals surface area contributed by atoms with Crippen molar-refractivity contribution in [2.75, 3.05) is 26.3 Å². The fourth-order valence-corrected chi connectivity index (χ4v) is 3.92. The van der Waals surface area contributed by atoms with Gasteiger partial charge in [0.15, 0.2) is 5.82 Å². The van der Waals surface area contributed by atoms with E-state index in [9.17, 15) is 9.18 Å². The summed E-state index contributed by atoms with van der Waals surface area (Å²) >= 11 is 0. The molecule has 0 bridgehead atoms. The average Bonchev–Trinajstić information content (AvgIpc) is 3.19. The van der Waals surface area contributed by atoms with Crippen molar-refractivity contribution >= 4 is 5.91 Å². The van der Waals surface area contributed by atoms with Crippen LogP contribution in [-0.2, 0) is 14.9 Å². The molecule has 1 aromatic heterocycles. The Labute approximate surface area is 157 Å². The van der Waals surface area contributed by atoms with Crippen LogP contribution in [0.1, 0.15) is 24.8 Å². The lowest BCUT2D eigenvalue weighted by atomic mass is 9.73. The van der Waals surface area contributed by atoms with Gasteiger partial charge in [0.25, 0.3) is 0 Å². The van der Waals surface area contributed by atoms with Crippen LogP contribution in [0.25, 0.3) is 0 Å². The lowest BCUT2D eigenvalue weighted by Crippen LogP contribution is -2.49. The summed E-state index contributed by atoms with van der Waals surface area (Å²) in [6.07, 6.45) is 4.03. The number of aromatic nitrogens is 2. The van der Waals surface area contributed by atoms with Crippen LogP contribution in [0.3, 0.4) is 0 Å². The molecule has 3 heterocycles. The number of rotatable bonds is 4. The predicted molar refractivity (Wildman–Crippen MR) is 95.8 cm³/mol. The second-order valence-corrected chi connectivity index (χ2v) is 7.02. The van der Waals surface area contributed by atoms with Crippen molar-refractivity contribution in [3.63, 3.8) is 0 Å². The summed E-state index contributed by atoms with van der Waals surface area (Å²) in [6, 6.07) is 10.1. The summed E-state index contributed by atoms with van der Waals surface area (Å²) in [4.78, 5) is 23.0. The largest absolute Gasteiger partial charge is 0.458 e. The van der Waals surface area contributed by atoms with Crippen LogP contribution < -0.4 is 4.74 Å². The van der Waals surface area contributed by atoms with Gasteiger partial charge in [-0.3, -0.25) is 4.79 Å². The summed E-state index contributed by atoms with van der Waals surface area (Å²) in [7, 11) is 0. The van der Waals surface area contributed by atoms with E-state index in [2.05, 4.69) is 9.97 Å². The van der Waals surface area contributed by atoms with Gasteiger partial charge in [0.2, 0.25) is 5.91 Å². The molecule has 6 nitrogen and oxygen atoms in total. The molecule has 2 saturated heterocycles. The standard InChI is InChI=1S/C20H22FN3O3/c21-16-12-22-19(23-13-16)27-17-6-9-24(14-17)18(25)20(7-10-26-11-8-20)15-4-2-1-3-5-15/h1-5,12-13,17H,6-11,14H2. The molecule has 4 rings (SSSR count). The van der Waals surface area contributed by atoms with E-state index in [4.69, 9.17) is 9.47 Å². The first kappa shape index (κ1) is 17.9. The summed E-state index contributed by atoms with van der Waals surface area (Å²) < 4.78 is 24.2. The minimum absolute atomic E-state index is 0.128. The first-order valence-electron chi connectivity index (χ1n) is 9.24. The summed E-state index contributed by atoms with van der Waals surface area (Å²) in [5.41, 5.74) is 0.505. The Morgan fingerprint density at radius 1 is 1.19 bits per heavy atom. The molecule has 1 amide bonds. The average molecular weight is 371 g/mol. The number of hydrogen-bond acceptors (Lipinski definition) is 5. The number of halogens is 1. The highest BCUT2D eigenvalue weighted by atomic mass is 19.1. The molecular formula is C20H22FN3O3. The zero-order valence-corrected chi connectivity index (χ0v) is 15.0. The van der Waals surface area contributed by atoms with Gasteiger partial charge >= 0.3 is 6.01 Å². The molecule has 0 N–H and O–H groups in total. The Balaban J connectivity index is 1.48. The third-order valence-corrected chi connectivity index (χ3v) is 5.38. The maximum absolute atomic E-state index is 13.5. The Morgan fingerprint density at radius 2 is 1.89 bits per heavy atom. The summed E-state index contributed by atoms with van der Waals surface area (Å²) in [5.74, 6) is -0.377. The van der Waals surface area contributed by atoms with E-state index in [0.717, 1.165) is 18.0 Å². The number of hydrogen-bond donors (Lipinski definition) is 0. The summed E-state index contributed by atoms with van der Waals surface area (Å²) in [5, 5.41) is 0. The molecule has 142 valence electrons. The van der Waals surface area contributed by atoms with Crippen LogP contribution in [0.15, 0.2) is 42.7 Å². The van der Waals surface area contributed by atoms with E-state index in [1.165, 1.54) is 0 Å². The quantitative estimate of drug-likeness (QED) is 0.825. The van der Waals surface area contributed by atoms with Crippen molar-refractivity contribution in [2.45, 2.75) is 30.8 Å². The van der Waals surface area contributed by atoms with Crippen molar-refractivity contribution < 1.29 is 18.7 Å². The molecule has 2 aliphatic heterocycles. The van der Waals surface area contributed by atoms with Crippen LogP contribution >= 0.6 is 0 Å². The van der Waals surface area contributed by atoms with E-state index in [1.54, 1.807) is 0 Å². The zero-order chi connectivity index (χ0) is 18.7. The van der Waals surface area contributed by atoms with E-state index in [1.807, 2.05) is 35.2 Å². The molecule has 1 unspecified atom stereocenters. The fourth-order valence-electron chi connectivity index (χ4n) is 3.92. The van der Waals surface area contributed by atoms with Gasteiger partial charge in [0, 0.05) is 26.2 Å². The number of ether oxygens (including phenoxy) is 2. The summed E-state index contributed by atoms with van der Waals surface area (Å²) in [6.45, 7) is 2.27. The molecule has 7 heteroatoms. The third kappa shape index (κ3) is 3.64. The van der Waals surface area contributed by atoms with Crippen molar-refractivity contribution in [1.82, 2.24) is 14.9 Å². The lowest BCUT2D eigenvalue weighted by molar-refractivity contribution is -0.140. The lowest BCUT2D eigenvalue weighted by Gasteiger charge is -2.39. The zero-order valence-electron chi connectivity index (χ0n) is 15.0. The topological polar surface area (TPSA) is 64.6 Å². The highest BCUT2D eigenvalue weighted by Crippen LogP contribution is 2.37. The van der Waals surface area contributed by atoms with Crippen LogP contribution in [0.5, 0.6) is 6.01 Å². The molecule has 1 atom stereocenters. The molecule has 0 spiro atoms. The molecule has 1 aromatic carbocycles. The molecule has 0 saturated carbocycles. The first-order chi connectivity index (χ1) is 13.2. The maximum Gasteiger partial charge on any atom is 0.316 e. The van der Waals surface area contributed by atoms with Crippen LogP contribution in [0.4, 0.5) is 4.39 Å². The number of nitrogens with zero attached hydrogens (tertiary/aromatic N) is 3. The number of amides is 1. The number of carbonyl (C=O) groups is 1. The molecule has 0 aliphatic carbocycles. The van der Waals surface area contributed by atoms with Crippen LogP contribution in [0.2, 0.25) is 0 Å². The first-order valence-corrected chi connectivity index (χ1v) is 9.24. The van der Waals surface area contributed by atoms with Crippen molar-refractivity contribution in [2.24, 2.45) is 0 Å². The second kappa shape index (κ2) is 7.60. The second-order valence-electron chi connectivity index (χ2n) is 7.02. The highest BCUT2D eigenvalue weighted by molar-refractivity contribution is 5.88. The molecule has 27 heavy (non-hydrogen) atoms. The van der Waals surface area contributed by atoms with E-state index in [0.29, 0.717) is 45.6 Å². The smallest absolute Gasteiger partial charge is 0.316 e. The molecule has 2 fully saturated rings. The molecular weight excluding hydrogens is 349 g/mol. The Morgan fingerprint density at radius 3 is 2.59 bits per heavy atom. The van der Waals surface area contributed by atoms with Crippen molar-refractivity contribution in [3.8, 4) is 6.01 Å². The van der Waals surface area contributed by atoms with Gasteiger partial charge in [-0.2, -0.15) is 0 Å². The molecule has 2 aliphatic rings. The van der Waals surface area contributed by atoms with E-state index >= 15 is 0 Å². The Bertz CT molecular complexity index is 779. The van der Waals surface area contributed by atoms with Crippen molar-refractivity contribution in [3.05, 3.63) is 54.1 Å². The van der Waals surface area contributed by atoms with Crippen molar-refractivity contribution in [1.29, 1.82) is 0 Å². The monoisotopic (exact) mass is 371 g/mol. The minimum Gasteiger partial charge on any atom is -0.458 e.